The van der Waals surface area contributed by atoms with Crippen molar-refractivity contribution in [2.45, 2.75) is 45.2 Å². The van der Waals surface area contributed by atoms with Crippen molar-refractivity contribution in [1.29, 1.82) is 0 Å². The highest BCUT2D eigenvalue weighted by atomic mass is 32.2. The van der Waals surface area contributed by atoms with Gasteiger partial charge in [0.25, 0.3) is 0 Å². The maximum atomic E-state index is 13.1. The van der Waals surface area contributed by atoms with Crippen LogP contribution in [0.15, 0.2) is 47.4 Å². The van der Waals surface area contributed by atoms with Gasteiger partial charge in [-0.3, -0.25) is 9.36 Å². The smallest absolute Gasteiger partial charge is 0.322 e. The van der Waals surface area contributed by atoms with Gasteiger partial charge < -0.3 is 14.8 Å². The van der Waals surface area contributed by atoms with Crippen LogP contribution in [0.1, 0.15) is 39.6 Å². The number of benzene rings is 2. The molecular weight excluding hydrogens is 465 g/mol. The van der Waals surface area contributed by atoms with E-state index in [1.165, 1.54) is 49.4 Å². The van der Waals surface area contributed by atoms with E-state index in [2.05, 4.69) is 20.2 Å². The van der Waals surface area contributed by atoms with Gasteiger partial charge in [0.05, 0.1) is 23.2 Å². The van der Waals surface area contributed by atoms with Crippen molar-refractivity contribution in [3.63, 3.8) is 0 Å². The molecule has 0 saturated heterocycles. The molecule has 3 rings (SSSR count). The van der Waals surface area contributed by atoms with Crippen molar-refractivity contribution in [1.82, 2.24) is 19.5 Å². The van der Waals surface area contributed by atoms with Crippen molar-refractivity contribution in [2.24, 2.45) is 0 Å². The van der Waals surface area contributed by atoms with Crippen LogP contribution < -0.4 is 19.5 Å². The van der Waals surface area contributed by atoms with Crippen LogP contribution in [0.2, 0.25) is 0 Å². The van der Waals surface area contributed by atoms with Gasteiger partial charge in [-0.1, -0.05) is 5.10 Å². The second kappa shape index (κ2) is 10.6. The molecule has 0 bridgehead atoms. The number of sulfonamides is 1. The SMILES string of the molecule is CCOc1ccc(S(=O)(=O)N[C@H](C)c2nnc(Oc3ccc(F)cc3)n2CC)cc1NC(C)=O. The number of hydrogen-bond acceptors (Lipinski definition) is 7. The lowest BCUT2D eigenvalue weighted by molar-refractivity contribution is -0.114. The van der Waals surface area contributed by atoms with Crippen molar-refractivity contribution >= 4 is 21.6 Å². The Hall–Kier alpha value is -3.51. The number of carbonyl (C=O) groups excluding carboxylic acids is 1. The molecule has 0 saturated carbocycles. The average Bonchev–Trinajstić information content (AvgIpc) is 3.18. The fourth-order valence-corrected chi connectivity index (χ4v) is 4.43. The molecule has 2 N–H and O–H groups in total. The number of amides is 1. The number of aromatic nitrogens is 3. The van der Waals surface area contributed by atoms with Gasteiger partial charge in [-0.25, -0.2) is 17.5 Å². The molecule has 3 aromatic rings. The summed E-state index contributed by atoms with van der Waals surface area (Å²) in [5, 5.41) is 10.7. The summed E-state index contributed by atoms with van der Waals surface area (Å²) in [5.41, 5.74) is 0.247. The third-order valence-corrected chi connectivity index (χ3v) is 6.21. The van der Waals surface area contributed by atoms with Crippen molar-refractivity contribution in [3.8, 4) is 17.5 Å². The molecule has 1 heterocycles. The molecule has 0 fully saturated rings. The summed E-state index contributed by atoms with van der Waals surface area (Å²) in [6.45, 7) is 7.31. The lowest BCUT2D eigenvalue weighted by atomic mass is 10.3. The van der Waals surface area contributed by atoms with Gasteiger partial charge in [0.15, 0.2) is 5.82 Å². The summed E-state index contributed by atoms with van der Waals surface area (Å²) in [5.74, 6) is 0.294. The first-order chi connectivity index (χ1) is 16.1. The van der Waals surface area contributed by atoms with Crippen LogP contribution in [0, 0.1) is 5.82 Å². The van der Waals surface area contributed by atoms with E-state index in [1.807, 2.05) is 6.92 Å². The molecule has 12 heteroatoms. The predicted molar refractivity (Wildman–Crippen MR) is 123 cm³/mol. The predicted octanol–water partition coefficient (Wildman–Crippen LogP) is 3.63. The molecule has 34 heavy (non-hydrogen) atoms. The van der Waals surface area contributed by atoms with E-state index in [0.29, 0.717) is 30.5 Å². The molecule has 0 unspecified atom stereocenters. The summed E-state index contributed by atoms with van der Waals surface area (Å²) < 4.78 is 54.6. The quantitative estimate of drug-likeness (QED) is 0.444. The van der Waals surface area contributed by atoms with Crippen molar-refractivity contribution in [3.05, 3.63) is 54.1 Å². The molecule has 0 aliphatic heterocycles. The molecule has 0 radical (unpaired) electrons. The second-order valence-electron chi connectivity index (χ2n) is 7.26. The molecule has 2 aromatic carbocycles. The first-order valence-corrected chi connectivity index (χ1v) is 12.1. The minimum Gasteiger partial charge on any atom is -0.492 e. The topological polar surface area (TPSA) is 124 Å². The minimum absolute atomic E-state index is 0.0584. The van der Waals surface area contributed by atoms with Crippen LogP contribution in [0.5, 0.6) is 17.5 Å². The minimum atomic E-state index is -4.00. The highest BCUT2D eigenvalue weighted by molar-refractivity contribution is 7.89. The van der Waals surface area contributed by atoms with E-state index in [1.54, 1.807) is 18.4 Å². The highest BCUT2D eigenvalue weighted by Gasteiger charge is 2.25. The zero-order chi connectivity index (χ0) is 24.9. The zero-order valence-corrected chi connectivity index (χ0v) is 20.0. The van der Waals surface area contributed by atoms with E-state index in [4.69, 9.17) is 9.47 Å². The Morgan fingerprint density at radius 2 is 1.85 bits per heavy atom. The fraction of sp³-hybridized carbons (Fsp3) is 0.318. The van der Waals surface area contributed by atoms with E-state index in [9.17, 15) is 17.6 Å². The van der Waals surface area contributed by atoms with Gasteiger partial charge in [-0.2, -0.15) is 0 Å². The Morgan fingerprint density at radius 3 is 2.47 bits per heavy atom. The van der Waals surface area contributed by atoms with E-state index < -0.39 is 21.9 Å². The third kappa shape index (κ3) is 5.88. The normalized spacial score (nSPS) is 12.3. The van der Waals surface area contributed by atoms with Gasteiger partial charge in [-0.05, 0) is 63.2 Å². The van der Waals surface area contributed by atoms with Gasteiger partial charge >= 0.3 is 6.01 Å². The van der Waals surface area contributed by atoms with Crippen LogP contribution in [-0.4, -0.2) is 35.7 Å². The Morgan fingerprint density at radius 1 is 1.15 bits per heavy atom. The molecule has 182 valence electrons. The van der Waals surface area contributed by atoms with E-state index >= 15 is 0 Å². The Kier molecular flexibility index (Phi) is 7.84. The number of ether oxygens (including phenoxy) is 2. The molecule has 10 nitrogen and oxygen atoms in total. The largest absolute Gasteiger partial charge is 0.492 e. The van der Waals surface area contributed by atoms with Gasteiger partial charge in [0.1, 0.15) is 17.3 Å². The van der Waals surface area contributed by atoms with Gasteiger partial charge in [0.2, 0.25) is 15.9 Å². The lowest BCUT2D eigenvalue weighted by Crippen LogP contribution is -2.29. The van der Waals surface area contributed by atoms with Gasteiger partial charge in [0, 0.05) is 13.5 Å². The summed E-state index contributed by atoms with van der Waals surface area (Å²) in [6, 6.07) is 8.99. The molecule has 1 aromatic heterocycles. The van der Waals surface area contributed by atoms with Crippen LogP contribution >= 0.6 is 0 Å². The Balaban J connectivity index is 1.84. The molecular formula is C22H26FN5O5S. The summed E-state index contributed by atoms with van der Waals surface area (Å²) in [4.78, 5) is 11.5. The summed E-state index contributed by atoms with van der Waals surface area (Å²) in [7, 11) is -4.00. The summed E-state index contributed by atoms with van der Waals surface area (Å²) in [6.07, 6.45) is 0. The van der Waals surface area contributed by atoms with Crippen LogP contribution in [0.4, 0.5) is 10.1 Å². The fourth-order valence-electron chi connectivity index (χ4n) is 3.20. The number of halogens is 1. The van der Waals surface area contributed by atoms with E-state index in [-0.39, 0.29) is 22.5 Å². The molecule has 0 spiro atoms. The average molecular weight is 492 g/mol. The van der Waals surface area contributed by atoms with Crippen molar-refractivity contribution < 1.29 is 27.1 Å². The number of nitrogens with one attached hydrogen (secondary N) is 2. The van der Waals surface area contributed by atoms with Gasteiger partial charge in [-0.15, -0.1) is 5.10 Å². The number of hydrogen-bond donors (Lipinski definition) is 2. The number of carbonyl (C=O) groups is 1. The van der Waals surface area contributed by atoms with Crippen molar-refractivity contribution in [2.75, 3.05) is 11.9 Å². The zero-order valence-electron chi connectivity index (χ0n) is 19.2. The van der Waals surface area contributed by atoms with Crippen LogP contribution in [0.25, 0.3) is 0 Å². The monoisotopic (exact) mass is 491 g/mol. The molecule has 1 amide bonds. The van der Waals surface area contributed by atoms with Crippen LogP contribution in [-0.2, 0) is 21.4 Å². The second-order valence-corrected chi connectivity index (χ2v) is 8.97. The molecule has 1 atom stereocenters. The Bertz CT molecular complexity index is 1260. The first kappa shape index (κ1) is 25.1. The Labute approximate surface area is 197 Å². The highest BCUT2D eigenvalue weighted by Crippen LogP contribution is 2.29. The number of rotatable bonds is 10. The maximum absolute atomic E-state index is 13.1. The van der Waals surface area contributed by atoms with E-state index in [0.717, 1.165) is 0 Å². The third-order valence-electron chi connectivity index (χ3n) is 4.68. The molecule has 0 aliphatic carbocycles. The number of anilines is 1. The maximum Gasteiger partial charge on any atom is 0.322 e. The summed E-state index contributed by atoms with van der Waals surface area (Å²) >= 11 is 0. The first-order valence-electron chi connectivity index (χ1n) is 10.6. The van der Waals surface area contributed by atoms with Crippen LogP contribution in [0.3, 0.4) is 0 Å². The number of nitrogens with zero attached hydrogens (tertiary/aromatic N) is 3. The standard InChI is InChI=1S/C22H26FN5O5S/c1-5-28-21(25-26-22(28)33-17-9-7-16(23)8-10-17)14(3)27-34(30,31)18-11-12-20(32-6-2)19(13-18)24-15(4)29/h7-14,27H,5-6H2,1-4H3,(H,24,29)/t14-/m1/s1. The lowest BCUT2D eigenvalue weighted by Gasteiger charge is -2.17. The molecule has 0 aliphatic rings.